The maximum atomic E-state index is 11.9. The molecule has 1 aromatic carbocycles. The minimum absolute atomic E-state index is 0.0824. The molecule has 2 N–H and O–H groups in total. The summed E-state index contributed by atoms with van der Waals surface area (Å²) in [5, 5.41) is 0. The van der Waals surface area contributed by atoms with Crippen molar-refractivity contribution in [3.63, 3.8) is 0 Å². The Labute approximate surface area is 152 Å². The summed E-state index contributed by atoms with van der Waals surface area (Å²) in [5.41, 5.74) is 6.66. The first kappa shape index (κ1) is 21.6. The van der Waals surface area contributed by atoms with Crippen LogP contribution in [0.5, 0.6) is 0 Å². The fraction of sp³-hybridized carbons (Fsp3) is 0.611. The molecule has 0 bridgehead atoms. The lowest BCUT2D eigenvalue weighted by Crippen LogP contribution is -2.47. The van der Waals surface area contributed by atoms with E-state index in [9.17, 15) is 4.79 Å². The van der Waals surface area contributed by atoms with Gasteiger partial charge >= 0.3 is 14.8 Å². The topological polar surface area (TPSA) is 74.0 Å². The summed E-state index contributed by atoms with van der Waals surface area (Å²) in [7, 11) is -2.69. The molecule has 6 nitrogen and oxygen atoms in total. The maximum Gasteiger partial charge on any atom is 0.500 e. The zero-order valence-corrected chi connectivity index (χ0v) is 16.9. The van der Waals surface area contributed by atoms with Gasteiger partial charge in [0.1, 0.15) is 0 Å². The summed E-state index contributed by atoms with van der Waals surface area (Å²) >= 11 is 0. The predicted molar refractivity (Wildman–Crippen MR) is 101 cm³/mol. The zero-order valence-electron chi connectivity index (χ0n) is 15.9. The molecule has 0 aliphatic carbocycles. The van der Waals surface area contributed by atoms with Gasteiger partial charge in [-0.3, -0.25) is 0 Å². The van der Waals surface area contributed by atoms with Crippen LogP contribution in [0.4, 0.5) is 4.79 Å². The summed E-state index contributed by atoms with van der Waals surface area (Å²) in [5.74, 6) is 0. The summed E-state index contributed by atoms with van der Waals surface area (Å²) in [6.45, 7) is 9.98. The Bertz CT molecular complexity index is 484. The molecule has 25 heavy (non-hydrogen) atoms. The van der Waals surface area contributed by atoms with Gasteiger partial charge < -0.3 is 23.9 Å². The number of primary amides is 1. The molecule has 1 atom stereocenters. The first-order chi connectivity index (χ1) is 12.0. The molecular formula is C18H32N2O4Si. The molecule has 2 amide bonds. The highest BCUT2D eigenvalue weighted by Crippen LogP contribution is 2.23. The zero-order chi connectivity index (χ0) is 18.7. The average Bonchev–Trinajstić information content (AvgIpc) is 2.59. The second kappa shape index (κ2) is 11.3. The van der Waals surface area contributed by atoms with Crippen molar-refractivity contribution in [2.24, 2.45) is 5.73 Å². The second-order valence-electron chi connectivity index (χ2n) is 5.70. The molecule has 0 unspecified atom stereocenters. The highest BCUT2D eigenvalue weighted by molar-refractivity contribution is 6.60. The van der Waals surface area contributed by atoms with Crippen molar-refractivity contribution in [1.29, 1.82) is 0 Å². The molecule has 0 aliphatic rings. The van der Waals surface area contributed by atoms with Gasteiger partial charge in [-0.25, -0.2) is 4.79 Å². The monoisotopic (exact) mass is 368 g/mol. The fourth-order valence-corrected chi connectivity index (χ4v) is 5.47. The third-order valence-corrected chi connectivity index (χ3v) is 7.16. The van der Waals surface area contributed by atoms with Gasteiger partial charge in [0.15, 0.2) is 0 Å². The number of hydrogen-bond acceptors (Lipinski definition) is 4. The third kappa shape index (κ3) is 6.78. The van der Waals surface area contributed by atoms with Crippen LogP contribution in [0.25, 0.3) is 0 Å². The van der Waals surface area contributed by atoms with Crippen molar-refractivity contribution in [3.8, 4) is 0 Å². The van der Waals surface area contributed by atoms with Crippen molar-refractivity contribution >= 4 is 14.8 Å². The van der Waals surface area contributed by atoms with Crippen molar-refractivity contribution in [1.82, 2.24) is 4.90 Å². The number of hydrogen-bond donors (Lipinski definition) is 1. The third-order valence-electron chi connectivity index (χ3n) is 4.01. The van der Waals surface area contributed by atoms with Gasteiger partial charge in [-0.1, -0.05) is 30.3 Å². The molecule has 0 aliphatic heterocycles. The predicted octanol–water partition coefficient (Wildman–Crippen LogP) is 3.57. The van der Waals surface area contributed by atoms with E-state index in [1.165, 1.54) is 0 Å². The minimum atomic E-state index is -2.69. The first-order valence-electron chi connectivity index (χ1n) is 9.02. The van der Waals surface area contributed by atoms with Gasteiger partial charge in [0, 0.05) is 32.4 Å². The molecule has 0 fully saturated rings. The van der Waals surface area contributed by atoms with Gasteiger partial charge in [0.25, 0.3) is 0 Å². The van der Waals surface area contributed by atoms with Crippen LogP contribution in [-0.2, 0) is 13.3 Å². The van der Waals surface area contributed by atoms with Crippen LogP contribution in [-0.4, -0.2) is 46.1 Å². The SMILES string of the molecule is CCO[Si](CCCN(C(N)=O)[C@@H](C)c1ccccc1)(OCC)OCC. The van der Waals surface area contributed by atoms with E-state index in [1.54, 1.807) is 4.90 Å². The lowest BCUT2D eigenvalue weighted by Gasteiger charge is -2.31. The Hall–Kier alpha value is -1.41. The molecule has 0 aromatic heterocycles. The molecule has 142 valence electrons. The summed E-state index contributed by atoms with van der Waals surface area (Å²) in [6, 6.07) is 10.0. The molecule has 1 aromatic rings. The van der Waals surface area contributed by atoms with Gasteiger partial charge in [0.05, 0.1) is 6.04 Å². The highest BCUT2D eigenvalue weighted by Gasteiger charge is 2.40. The van der Waals surface area contributed by atoms with Crippen LogP contribution in [0.1, 0.15) is 45.7 Å². The number of carbonyl (C=O) groups is 1. The van der Waals surface area contributed by atoms with Crippen molar-refractivity contribution < 1.29 is 18.1 Å². The van der Waals surface area contributed by atoms with E-state index in [4.69, 9.17) is 19.0 Å². The summed E-state index contributed by atoms with van der Waals surface area (Å²) < 4.78 is 17.6. The average molecular weight is 369 g/mol. The number of benzene rings is 1. The molecular weight excluding hydrogens is 336 g/mol. The molecule has 0 spiro atoms. The minimum Gasteiger partial charge on any atom is -0.374 e. The van der Waals surface area contributed by atoms with Crippen LogP contribution >= 0.6 is 0 Å². The maximum absolute atomic E-state index is 11.9. The van der Waals surface area contributed by atoms with E-state index in [1.807, 2.05) is 58.0 Å². The first-order valence-corrected chi connectivity index (χ1v) is 11.0. The number of urea groups is 1. The van der Waals surface area contributed by atoms with Crippen LogP contribution in [0, 0.1) is 0 Å². The van der Waals surface area contributed by atoms with Crippen LogP contribution in [0.3, 0.4) is 0 Å². The summed E-state index contributed by atoms with van der Waals surface area (Å²) in [6.07, 6.45) is 0.715. The number of carbonyl (C=O) groups excluding carboxylic acids is 1. The van der Waals surface area contributed by atoms with E-state index in [2.05, 4.69) is 0 Å². The number of rotatable bonds is 12. The largest absolute Gasteiger partial charge is 0.500 e. The molecule has 0 radical (unpaired) electrons. The Balaban J connectivity index is 2.74. The molecule has 0 heterocycles. The van der Waals surface area contributed by atoms with Crippen LogP contribution in [0.15, 0.2) is 30.3 Å². The van der Waals surface area contributed by atoms with Crippen molar-refractivity contribution in [3.05, 3.63) is 35.9 Å². The van der Waals surface area contributed by atoms with E-state index in [0.29, 0.717) is 38.8 Å². The number of nitrogens with two attached hydrogens (primary N) is 1. The van der Waals surface area contributed by atoms with Gasteiger partial charge in [-0.2, -0.15) is 0 Å². The highest BCUT2D eigenvalue weighted by atomic mass is 28.4. The van der Waals surface area contributed by atoms with Crippen molar-refractivity contribution in [2.45, 2.75) is 46.2 Å². The fourth-order valence-electron chi connectivity index (χ4n) is 2.87. The molecule has 0 saturated heterocycles. The Morgan fingerprint density at radius 1 is 1.08 bits per heavy atom. The van der Waals surface area contributed by atoms with Crippen molar-refractivity contribution in [2.75, 3.05) is 26.4 Å². The second-order valence-corrected chi connectivity index (χ2v) is 8.44. The molecule has 1 rings (SSSR count). The standard InChI is InChI=1S/C18H32N2O4Si/c1-5-22-25(23-6-2,24-7-3)15-11-14-20(18(19)21)16(4)17-12-9-8-10-13-17/h8-10,12-13,16H,5-7,11,14-15H2,1-4H3,(H2,19,21)/t16-/m0/s1. The Morgan fingerprint density at radius 3 is 2.04 bits per heavy atom. The smallest absolute Gasteiger partial charge is 0.374 e. The van der Waals surface area contributed by atoms with Gasteiger partial charge in [-0.15, -0.1) is 0 Å². The lowest BCUT2D eigenvalue weighted by atomic mass is 10.1. The van der Waals surface area contributed by atoms with E-state index < -0.39 is 14.8 Å². The van der Waals surface area contributed by atoms with E-state index >= 15 is 0 Å². The normalized spacial score (nSPS) is 12.8. The number of nitrogens with zero attached hydrogens (tertiary/aromatic N) is 1. The quantitative estimate of drug-likeness (QED) is 0.572. The lowest BCUT2D eigenvalue weighted by molar-refractivity contribution is 0.0698. The van der Waals surface area contributed by atoms with E-state index in [-0.39, 0.29) is 6.04 Å². The van der Waals surface area contributed by atoms with Gasteiger partial charge in [0.2, 0.25) is 0 Å². The van der Waals surface area contributed by atoms with E-state index in [0.717, 1.165) is 5.56 Å². The van der Waals surface area contributed by atoms with Gasteiger partial charge in [-0.05, 0) is 39.7 Å². The molecule has 0 saturated carbocycles. The number of amides is 2. The summed E-state index contributed by atoms with van der Waals surface area (Å²) in [4.78, 5) is 13.6. The van der Waals surface area contributed by atoms with Crippen LogP contribution < -0.4 is 5.73 Å². The molecule has 7 heteroatoms. The van der Waals surface area contributed by atoms with Crippen LogP contribution in [0.2, 0.25) is 6.04 Å². The Kier molecular flexibility index (Phi) is 9.73. The Morgan fingerprint density at radius 2 is 1.60 bits per heavy atom.